The van der Waals surface area contributed by atoms with Crippen LogP contribution in [0.15, 0.2) is 18.2 Å². The third-order valence-corrected chi connectivity index (χ3v) is 4.63. The van der Waals surface area contributed by atoms with Crippen molar-refractivity contribution >= 4 is 18.9 Å². The van der Waals surface area contributed by atoms with E-state index in [4.69, 9.17) is 13.8 Å². The first-order valence-corrected chi connectivity index (χ1v) is 7.72. The lowest BCUT2D eigenvalue weighted by molar-refractivity contribution is 0.0601. The van der Waals surface area contributed by atoms with Crippen LogP contribution in [0.25, 0.3) is 0 Å². The Kier molecular flexibility index (Phi) is 6.20. The van der Waals surface area contributed by atoms with E-state index in [1.807, 2.05) is 0 Å². The Hall–Kier alpha value is -1.36. The molecule has 0 radical (unpaired) electrons. The van der Waals surface area contributed by atoms with Gasteiger partial charge in [-0.15, -0.1) is 0 Å². The lowest BCUT2D eigenvalue weighted by atomic mass is 10.2. The second kappa shape index (κ2) is 7.43. The van der Waals surface area contributed by atoms with Gasteiger partial charge in [-0.05, 0) is 32.0 Å². The van der Waals surface area contributed by atoms with Gasteiger partial charge in [0.25, 0.3) is 0 Å². The van der Waals surface area contributed by atoms with Crippen molar-refractivity contribution in [2.75, 3.05) is 27.4 Å². The van der Waals surface area contributed by atoms with Crippen LogP contribution in [-0.2, 0) is 18.3 Å². The first kappa shape index (κ1) is 16.7. The van der Waals surface area contributed by atoms with Crippen LogP contribution in [0.3, 0.4) is 0 Å². The Morgan fingerprint density at radius 3 is 2.20 bits per heavy atom. The minimum Gasteiger partial charge on any atom is -0.496 e. The van der Waals surface area contributed by atoms with E-state index in [9.17, 15) is 9.36 Å². The molecule has 0 aliphatic heterocycles. The molecule has 1 rings (SSSR count). The van der Waals surface area contributed by atoms with E-state index in [-0.39, 0.29) is 24.1 Å². The molecule has 0 fully saturated rings. The molecule has 1 aromatic carbocycles. The molecule has 7 heteroatoms. The van der Waals surface area contributed by atoms with E-state index in [0.717, 1.165) is 0 Å². The molecule has 0 atom stereocenters. The molecule has 0 N–H and O–H groups in total. The smallest absolute Gasteiger partial charge is 0.365 e. The lowest BCUT2D eigenvalue weighted by Gasteiger charge is -2.19. The fourth-order valence-corrected chi connectivity index (χ4v) is 3.43. The van der Waals surface area contributed by atoms with Crippen LogP contribution in [0.5, 0.6) is 5.75 Å². The molecule has 0 aliphatic rings. The standard InChI is InChI=1S/C13H19O6P/c1-5-18-20(15,19-6-2)12-9-10(13(14)17-4)7-8-11(12)16-3/h7-9H,5-6H2,1-4H3. The number of rotatable bonds is 7. The van der Waals surface area contributed by atoms with Gasteiger partial charge in [0.05, 0.1) is 33.0 Å². The van der Waals surface area contributed by atoms with Crippen LogP contribution in [-0.4, -0.2) is 33.4 Å². The first-order chi connectivity index (χ1) is 9.52. The van der Waals surface area contributed by atoms with Crippen LogP contribution < -0.4 is 10.0 Å². The van der Waals surface area contributed by atoms with Crippen LogP contribution in [0, 0.1) is 0 Å². The van der Waals surface area contributed by atoms with E-state index < -0.39 is 13.6 Å². The normalized spacial score (nSPS) is 11.2. The fraction of sp³-hybridized carbons (Fsp3) is 0.462. The van der Waals surface area contributed by atoms with E-state index in [1.165, 1.54) is 32.4 Å². The SMILES string of the molecule is CCOP(=O)(OCC)c1cc(C(=O)OC)ccc1OC. The van der Waals surface area contributed by atoms with Crippen molar-refractivity contribution in [3.63, 3.8) is 0 Å². The average Bonchev–Trinajstić information content (AvgIpc) is 2.46. The van der Waals surface area contributed by atoms with Crippen LogP contribution >= 0.6 is 7.60 Å². The Balaban J connectivity index is 3.37. The zero-order valence-corrected chi connectivity index (χ0v) is 12.9. The van der Waals surface area contributed by atoms with E-state index >= 15 is 0 Å². The third-order valence-electron chi connectivity index (χ3n) is 2.49. The number of benzene rings is 1. The number of ether oxygens (including phenoxy) is 2. The van der Waals surface area contributed by atoms with Gasteiger partial charge in [-0.25, -0.2) is 4.79 Å². The predicted molar refractivity (Wildman–Crippen MR) is 74.8 cm³/mol. The summed E-state index contributed by atoms with van der Waals surface area (Å²) in [7, 11) is -0.818. The van der Waals surface area contributed by atoms with Gasteiger partial charge in [0, 0.05) is 0 Å². The molecule has 0 bridgehead atoms. The van der Waals surface area contributed by atoms with Gasteiger partial charge in [-0.3, -0.25) is 4.57 Å². The molecule has 0 aliphatic carbocycles. The largest absolute Gasteiger partial charge is 0.496 e. The average molecular weight is 302 g/mol. The molecule has 0 saturated carbocycles. The second-order valence-electron chi connectivity index (χ2n) is 3.71. The molecule has 112 valence electrons. The van der Waals surface area contributed by atoms with Gasteiger partial charge < -0.3 is 18.5 Å². The van der Waals surface area contributed by atoms with Crippen molar-refractivity contribution in [1.29, 1.82) is 0 Å². The molecule has 1 aromatic rings. The highest BCUT2D eigenvalue weighted by atomic mass is 31.2. The summed E-state index contributed by atoms with van der Waals surface area (Å²) in [4.78, 5) is 11.6. The summed E-state index contributed by atoms with van der Waals surface area (Å²) < 4.78 is 33.1. The Labute approximate surface area is 118 Å². The summed E-state index contributed by atoms with van der Waals surface area (Å²) >= 11 is 0. The van der Waals surface area contributed by atoms with E-state index in [0.29, 0.717) is 5.75 Å². The van der Waals surface area contributed by atoms with Gasteiger partial charge in [0.15, 0.2) is 0 Å². The van der Waals surface area contributed by atoms with Crippen molar-refractivity contribution in [3.05, 3.63) is 23.8 Å². The van der Waals surface area contributed by atoms with Gasteiger partial charge in [0.2, 0.25) is 0 Å². The molecule has 0 aromatic heterocycles. The predicted octanol–water partition coefficient (Wildman–Crippen LogP) is 2.37. The first-order valence-electron chi connectivity index (χ1n) is 6.18. The highest BCUT2D eigenvalue weighted by Gasteiger charge is 2.31. The number of carbonyl (C=O) groups is 1. The molecule has 0 saturated heterocycles. The molecular formula is C13H19O6P. The number of carbonyl (C=O) groups excluding carboxylic acids is 1. The van der Waals surface area contributed by atoms with Crippen LogP contribution in [0.1, 0.15) is 24.2 Å². The molecule has 6 nitrogen and oxygen atoms in total. The Bertz CT molecular complexity index is 504. The fourth-order valence-electron chi connectivity index (χ4n) is 1.67. The summed E-state index contributed by atoms with van der Waals surface area (Å²) in [5.41, 5.74) is 0.253. The molecule has 0 amide bonds. The number of methoxy groups -OCH3 is 2. The van der Waals surface area contributed by atoms with Gasteiger partial charge in [-0.1, -0.05) is 0 Å². The van der Waals surface area contributed by atoms with Crippen molar-refractivity contribution in [3.8, 4) is 5.75 Å². The minimum absolute atomic E-state index is 0.211. The molecule has 0 unspecified atom stereocenters. The molecular weight excluding hydrogens is 283 g/mol. The summed E-state index contributed by atoms with van der Waals surface area (Å²) in [6.45, 7) is 3.84. The maximum Gasteiger partial charge on any atom is 0.365 e. The van der Waals surface area contributed by atoms with Crippen molar-refractivity contribution < 1.29 is 27.9 Å². The van der Waals surface area contributed by atoms with Crippen molar-refractivity contribution in [2.45, 2.75) is 13.8 Å². The highest BCUT2D eigenvalue weighted by Crippen LogP contribution is 2.49. The molecule has 0 heterocycles. The van der Waals surface area contributed by atoms with Crippen molar-refractivity contribution in [2.24, 2.45) is 0 Å². The van der Waals surface area contributed by atoms with E-state index in [2.05, 4.69) is 4.74 Å². The summed E-state index contributed by atoms with van der Waals surface area (Å²) in [5.74, 6) is -0.198. The third kappa shape index (κ3) is 3.60. The van der Waals surface area contributed by atoms with Crippen LogP contribution in [0.4, 0.5) is 0 Å². The second-order valence-corrected chi connectivity index (χ2v) is 5.70. The van der Waals surface area contributed by atoms with Gasteiger partial charge in [-0.2, -0.15) is 0 Å². The topological polar surface area (TPSA) is 71.1 Å². The van der Waals surface area contributed by atoms with Gasteiger partial charge in [0.1, 0.15) is 11.1 Å². The van der Waals surface area contributed by atoms with Crippen molar-refractivity contribution in [1.82, 2.24) is 0 Å². The zero-order chi connectivity index (χ0) is 15.2. The zero-order valence-electron chi connectivity index (χ0n) is 12.0. The summed E-state index contributed by atoms with van der Waals surface area (Å²) in [6.07, 6.45) is 0. The number of hydrogen-bond donors (Lipinski definition) is 0. The number of hydrogen-bond acceptors (Lipinski definition) is 6. The Morgan fingerprint density at radius 1 is 1.15 bits per heavy atom. The number of esters is 1. The quantitative estimate of drug-likeness (QED) is 0.569. The monoisotopic (exact) mass is 302 g/mol. The summed E-state index contributed by atoms with van der Waals surface area (Å²) in [5, 5.41) is 0.214. The van der Waals surface area contributed by atoms with E-state index in [1.54, 1.807) is 13.8 Å². The summed E-state index contributed by atoms with van der Waals surface area (Å²) in [6, 6.07) is 4.47. The van der Waals surface area contributed by atoms with Crippen LogP contribution in [0.2, 0.25) is 0 Å². The maximum absolute atomic E-state index is 12.8. The Morgan fingerprint density at radius 2 is 1.75 bits per heavy atom. The lowest BCUT2D eigenvalue weighted by Crippen LogP contribution is -2.16. The maximum atomic E-state index is 12.8. The highest BCUT2D eigenvalue weighted by molar-refractivity contribution is 7.62. The van der Waals surface area contributed by atoms with Gasteiger partial charge >= 0.3 is 13.6 Å². The molecule has 20 heavy (non-hydrogen) atoms. The minimum atomic E-state index is -3.54. The molecule has 0 spiro atoms.